The Morgan fingerprint density at radius 2 is 1.65 bits per heavy atom. The van der Waals surface area contributed by atoms with Crippen molar-refractivity contribution in [3.05, 3.63) is 77.2 Å². The topological polar surface area (TPSA) is 45.8 Å². The van der Waals surface area contributed by atoms with Gasteiger partial charge < -0.3 is 4.98 Å². The van der Waals surface area contributed by atoms with E-state index in [0.29, 0.717) is 0 Å². The number of aromatic amines is 1. The fourth-order valence-corrected chi connectivity index (χ4v) is 5.06. The van der Waals surface area contributed by atoms with E-state index in [1.165, 1.54) is 10.8 Å². The molecule has 0 unspecified atom stereocenters. The summed E-state index contributed by atoms with van der Waals surface area (Å²) in [6.45, 7) is 0. The molecule has 0 aliphatic rings. The highest BCUT2D eigenvalue weighted by Gasteiger charge is 2.16. The zero-order chi connectivity index (χ0) is 17.3. The van der Waals surface area contributed by atoms with Gasteiger partial charge in [-0.15, -0.1) is 11.3 Å². The molecule has 3 aromatic heterocycles. The Labute approximate surface area is 151 Å². The number of nitrogens with one attached hydrogen (secondary N) is 1. The van der Waals surface area contributed by atoms with Crippen LogP contribution in [0.5, 0.6) is 0 Å². The number of fused-ring (bicyclic) bond motifs is 9. The molecule has 0 aliphatic heterocycles. The molecule has 0 fully saturated rings. The van der Waals surface area contributed by atoms with Crippen LogP contribution in [0.4, 0.5) is 0 Å². The summed E-state index contributed by atoms with van der Waals surface area (Å²) in [6.07, 6.45) is 1.77. The zero-order valence-electron chi connectivity index (χ0n) is 13.6. The molecular formula is C22H12N2OS. The summed E-state index contributed by atoms with van der Waals surface area (Å²) in [5, 5.41) is 6.65. The standard InChI is InChI=1S/C22H12N2OS/c25-22-21-18(15-9-7-13-5-3-11-23-19(13)20(15)24-22)17-14-6-2-1-4-12(14)8-10-16(17)26-21/h1-11H,(H,24,25). The maximum absolute atomic E-state index is 12.9. The molecule has 0 spiro atoms. The third kappa shape index (κ3) is 1.71. The molecule has 1 N–H and O–H groups in total. The number of hydrogen-bond acceptors (Lipinski definition) is 3. The lowest BCUT2D eigenvalue weighted by molar-refractivity contribution is 1.34. The van der Waals surface area contributed by atoms with Crippen molar-refractivity contribution in [2.24, 2.45) is 0 Å². The molecule has 0 aliphatic carbocycles. The van der Waals surface area contributed by atoms with Crippen molar-refractivity contribution in [3.8, 4) is 0 Å². The number of nitrogens with zero attached hydrogens (tertiary/aromatic N) is 1. The van der Waals surface area contributed by atoms with E-state index >= 15 is 0 Å². The van der Waals surface area contributed by atoms with Gasteiger partial charge in [-0.1, -0.05) is 48.5 Å². The molecule has 3 aromatic carbocycles. The van der Waals surface area contributed by atoms with Crippen LogP contribution in [-0.2, 0) is 0 Å². The van der Waals surface area contributed by atoms with Crippen molar-refractivity contribution in [1.82, 2.24) is 9.97 Å². The Morgan fingerprint density at radius 1 is 0.808 bits per heavy atom. The van der Waals surface area contributed by atoms with Crippen molar-refractivity contribution in [2.45, 2.75) is 0 Å². The Hall–Kier alpha value is -3.24. The molecule has 122 valence electrons. The number of pyridine rings is 2. The highest BCUT2D eigenvalue weighted by molar-refractivity contribution is 7.26. The van der Waals surface area contributed by atoms with Gasteiger partial charge in [0.2, 0.25) is 0 Å². The summed E-state index contributed by atoms with van der Waals surface area (Å²) >= 11 is 1.56. The lowest BCUT2D eigenvalue weighted by atomic mass is 10.0. The molecule has 3 nitrogen and oxygen atoms in total. The average molecular weight is 352 g/mol. The van der Waals surface area contributed by atoms with E-state index in [2.05, 4.69) is 52.4 Å². The first-order chi connectivity index (χ1) is 12.8. The fraction of sp³-hybridized carbons (Fsp3) is 0. The molecule has 3 heterocycles. The van der Waals surface area contributed by atoms with Crippen LogP contribution in [0.15, 0.2) is 71.7 Å². The number of hydrogen-bond donors (Lipinski definition) is 1. The van der Waals surface area contributed by atoms with Gasteiger partial charge in [0.05, 0.1) is 11.0 Å². The van der Waals surface area contributed by atoms with Crippen LogP contribution in [0.25, 0.3) is 52.8 Å². The third-order valence-electron chi connectivity index (χ3n) is 5.07. The van der Waals surface area contributed by atoms with Gasteiger partial charge >= 0.3 is 0 Å². The summed E-state index contributed by atoms with van der Waals surface area (Å²) in [4.78, 5) is 20.5. The van der Waals surface area contributed by atoms with Crippen LogP contribution in [0.3, 0.4) is 0 Å². The lowest BCUT2D eigenvalue weighted by Gasteiger charge is -2.06. The van der Waals surface area contributed by atoms with E-state index in [9.17, 15) is 4.79 Å². The van der Waals surface area contributed by atoms with Gasteiger partial charge in [-0.3, -0.25) is 9.78 Å². The molecule has 6 rings (SSSR count). The van der Waals surface area contributed by atoms with E-state index in [4.69, 9.17) is 0 Å². The Morgan fingerprint density at radius 3 is 2.62 bits per heavy atom. The van der Waals surface area contributed by atoms with Crippen LogP contribution < -0.4 is 5.56 Å². The normalized spacial score (nSPS) is 12.0. The fourth-order valence-electron chi connectivity index (χ4n) is 3.94. The molecule has 4 heteroatoms. The van der Waals surface area contributed by atoms with Crippen molar-refractivity contribution >= 4 is 64.1 Å². The lowest BCUT2D eigenvalue weighted by Crippen LogP contribution is -2.04. The molecule has 0 saturated heterocycles. The van der Waals surface area contributed by atoms with Gasteiger partial charge in [-0.05, 0) is 22.9 Å². The van der Waals surface area contributed by atoms with Gasteiger partial charge in [-0.2, -0.15) is 0 Å². The Balaban J connectivity index is 1.99. The SMILES string of the molecule is O=c1[nH]c2c(ccc3cccnc32)c2c1sc1ccc3ccccc3c12. The highest BCUT2D eigenvalue weighted by Crippen LogP contribution is 2.40. The molecule has 0 atom stereocenters. The second-order valence-electron chi connectivity index (χ2n) is 6.48. The molecule has 26 heavy (non-hydrogen) atoms. The summed E-state index contributed by atoms with van der Waals surface area (Å²) in [7, 11) is 0. The first-order valence-electron chi connectivity index (χ1n) is 8.45. The van der Waals surface area contributed by atoms with Crippen LogP contribution >= 0.6 is 11.3 Å². The predicted molar refractivity (Wildman–Crippen MR) is 110 cm³/mol. The van der Waals surface area contributed by atoms with Crippen molar-refractivity contribution < 1.29 is 0 Å². The van der Waals surface area contributed by atoms with Crippen LogP contribution in [0, 0.1) is 0 Å². The smallest absolute Gasteiger partial charge is 0.266 e. The second kappa shape index (κ2) is 4.90. The van der Waals surface area contributed by atoms with E-state index in [1.807, 2.05) is 18.2 Å². The molecule has 0 saturated carbocycles. The highest BCUT2D eigenvalue weighted by atomic mass is 32.1. The van der Waals surface area contributed by atoms with Crippen molar-refractivity contribution in [3.63, 3.8) is 0 Å². The van der Waals surface area contributed by atoms with Gasteiger partial charge in [0.15, 0.2) is 0 Å². The van der Waals surface area contributed by atoms with Gasteiger partial charge in [0, 0.05) is 32.4 Å². The third-order valence-corrected chi connectivity index (χ3v) is 6.22. The summed E-state index contributed by atoms with van der Waals surface area (Å²) < 4.78 is 1.91. The maximum Gasteiger partial charge on any atom is 0.266 e. The van der Waals surface area contributed by atoms with E-state index < -0.39 is 0 Å². The Bertz CT molecular complexity index is 1560. The quantitative estimate of drug-likeness (QED) is 0.362. The minimum atomic E-state index is -0.0454. The molecular weight excluding hydrogens is 340 g/mol. The van der Waals surface area contributed by atoms with Crippen molar-refractivity contribution in [1.29, 1.82) is 0 Å². The maximum atomic E-state index is 12.9. The van der Waals surface area contributed by atoms with E-state index in [1.54, 1.807) is 17.5 Å². The summed E-state index contributed by atoms with van der Waals surface area (Å²) in [5.74, 6) is 0. The van der Waals surface area contributed by atoms with Gasteiger partial charge in [0.1, 0.15) is 4.70 Å². The number of H-pyrrole nitrogens is 1. The van der Waals surface area contributed by atoms with Gasteiger partial charge in [-0.25, -0.2) is 0 Å². The molecule has 0 bridgehead atoms. The summed E-state index contributed by atoms with van der Waals surface area (Å²) in [6, 6.07) is 20.7. The molecule has 0 amide bonds. The zero-order valence-corrected chi connectivity index (χ0v) is 14.4. The van der Waals surface area contributed by atoms with E-state index in [-0.39, 0.29) is 5.56 Å². The molecule has 6 aromatic rings. The largest absolute Gasteiger partial charge is 0.319 e. The van der Waals surface area contributed by atoms with Crippen LogP contribution in [0.1, 0.15) is 0 Å². The number of rotatable bonds is 0. The van der Waals surface area contributed by atoms with Gasteiger partial charge in [0.25, 0.3) is 5.56 Å². The molecule has 0 radical (unpaired) electrons. The number of benzene rings is 3. The summed E-state index contributed by atoms with van der Waals surface area (Å²) in [5.41, 5.74) is 1.60. The minimum absolute atomic E-state index is 0.0454. The Kier molecular flexibility index (Phi) is 2.63. The second-order valence-corrected chi connectivity index (χ2v) is 7.54. The average Bonchev–Trinajstić information content (AvgIpc) is 3.09. The van der Waals surface area contributed by atoms with Crippen LogP contribution in [0.2, 0.25) is 0 Å². The van der Waals surface area contributed by atoms with Crippen molar-refractivity contribution in [2.75, 3.05) is 0 Å². The monoisotopic (exact) mass is 352 g/mol. The first-order valence-corrected chi connectivity index (χ1v) is 9.26. The number of thiophene rings is 1. The number of aromatic nitrogens is 2. The van der Waals surface area contributed by atoms with E-state index in [0.717, 1.165) is 42.0 Å². The van der Waals surface area contributed by atoms with Crippen LogP contribution in [-0.4, -0.2) is 9.97 Å². The minimum Gasteiger partial charge on any atom is -0.319 e. The first kappa shape index (κ1) is 14.0. The predicted octanol–water partition coefficient (Wildman–Crippen LogP) is 5.60.